The number of hydrogen-bond donors (Lipinski definition) is 0. The van der Waals surface area contributed by atoms with E-state index < -0.39 is 5.66 Å². The van der Waals surface area contributed by atoms with Crippen molar-refractivity contribution in [3.05, 3.63) is 65.2 Å². The van der Waals surface area contributed by atoms with Gasteiger partial charge in [-0.15, -0.1) is 0 Å². The Balaban J connectivity index is 1.49. The minimum absolute atomic E-state index is 0.00421. The van der Waals surface area contributed by atoms with Gasteiger partial charge in [0.2, 0.25) is 0 Å². The topological polar surface area (TPSA) is 62.2 Å². The molecule has 3 aliphatic rings. The van der Waals surface area contributed by atoms with Crippen molar-refractivity contribution in [2.24, 2.45) is 16.3 Å². The van der Waals surface area contributed by atoms with E-state index in [4.69, 9.17) is 9.73 Å². The number of hydrogen-bond acceptors (Lipinski definition) is 5. The standard InChI is InChI=1S/C33H43N3O3/c1-23(24-12-14-25(15-13-24)31(38)39-5)36-30(37)29(34-33(36)18-16-27(17-19-33)32(2,3)4)26-10-9-11-28(22-26)35-20-7-6-8-21-35/h9-15,22-23,27H,6-8,16-21H2,1-5H3/t23-,27?,33?/m1/s1. The van der Waals surface area contributed by atoms with Crippen LogP contribution in [0.5, 0.6) is 0 Å². The molecular weight excluding hydrogens is 486 g/mol. The SMILES string of the molecule is COC(=O)c1ccc([C@@H](C)N2C(=O)C(c3cccc(N4CCCCC4)c3)=NC23CCC(C(C)(C)C)CC3)cc1. The third-order valence-electron chi connectivity index (χ3n) is 9.24. The molecule has 208 valence electrons. The van der Waals surface area contributed by atoms with Crippen LogP contribution in [0.4, 0.5) is 5.69 Å². The van der Waals surface area contributed by atoms with E-state index in [9.17, 15) is 9.59 Å². The van der Waals surface area contributed by atoms with E-state index in [0.29, 0.717) is 17.2 Å². The zero-order chi connectivity index (χ0) is 27.8. The minimum Gasteiger partial charge on any atom is -0.465 e. The highest BCUT2D eigenvalue weighted by Crippen LogP contribution is 2.49. The highest BCUT2D eigenvalue weighted by molar-refractivity contribution is 6.47. The fourth-order valence-electron chi connectivity index (χ4n) is 6.80. The Kier molecular flexibility index (Phi) is 7.58. The summed E-state index contributed by atoms with van der Waals surface area (Å²) in [7, 11) is 1.39. The van der Waals surface area contributed by atoms with Crippen LogP contribution in [0, 0.1) is 11.3 Å². The Hall–Kier alpha value is -3.15. The number of rotatable bonds is 5. The van der Waals surface area contributed by atoms with Crippen molar-refractivity contribution in [3.63, 3.8) is 0 Å². The fourth-order valence-corrected chi connectivity index (χ4v) is 6.80. The Bertz CT molecular complexity index is 1230. The molecule has 2 fully saturated rings. The van der Waals surface area contributed by atoms with Gasteiger partial charge in [-0.25, -0.2) is 4.79 Å². The van der Waals surface area contributed by atoms with Crippen molar-refractivity contribution < 1.29 is 14.3 Å². The summed E-state index contributed by atoms with van der Waals surface area (Å²) in [6.07, 6.45) is 7.52. The van der Waals surface area contributed by atoms with Gasteiger partial charge in [0.15, 0.2) is 0 Å². The number of esters is 1. The van der Waals surface area contributed by atoms with E-state index in [-0.39, 0.29) is 23.3 Å². The summed E-state index contributed by atoms with van der Waals surface area (Å²) in [5.74, 6) is 0.253. The van der Waals surface area contributed by atoms with E-state index in [2.05, 4.69) is 50.8 Å². The van der Waals surface area contributed by atoms with Crippen molar-refractivity contribution in [2.45, 2.75) is 84.3 Å². The maximum atomic E-state index is 14.3. The molecule has 0 radical (unpaired) electrons. The van der Waals surface area contributed by atoms with Crippen LogP contribution in [-0.4, -0.2) is 48.4 Å². The molecule has 6 nitrogen and oxygen atoms in total. The molecule has 2 aromatic carbocycles. The molecule has 1 saturated carbocycles. The van der Waals surface area contributed by atoms with Crippen LogP contribution in [-0.2, 0) is 9.53 Å². The van der Waals surface area contributed by atoms with Crippen molar-refractivity contribution in [1.82, 2.24) is 4.90 Å². The summed E-state index contributed by atoms with van der Waals surface area (Å²) in [4.78, 5) is 36.1. The lowest BCUT2D eigenvalue weighted by Gasteiger charge is -2.46. The first-order valence-corrected chi connectivity index (χ1v) is 14.6. The van der Waals surface area contributed by atoms with Gasteiger partial charge in [0.1, 0.15) is 11.4 Å². The van der Waals surface area contributed by atoms with Crippen LogP contribution in [0.3, 0.4) is 0 Å². The molecule has 2 aromatic rings. The zero-order valence-electron chi connectivity index (χ0n) is 24.2. The molecule has 0 N–H and O–H groups in total. The molecule has 1 aliphatic carbocycles. The molecule has 5 rings (SSSR count). The smallest absolute Gasteiger partial charge is 0.337 e. The van der Waals surface area contributed by atoms with Crippen molar-refractivity contribution in [2.75, 3.05) is 25.1 Å². The molecule has 1 spiro atoms. The quantitative estimate of drug-likeness (QED) is 0.400. The summed E-state index contributed by atoms with van der Waals surface area (Å²) in [6, 6.07) is 15.7. The van der Waals surface area contributed by atoms with Crippen LogP contribution in [0.1, 0.15) is 100 Å². The number of nitrogens with zero attached hydrogens (tertiary/aromatic N) is 3. The number of aliphatic imine (C=N–C) groups is 1. The van der Waals surface area contributed by atoms with Crippen molar-refractivity contribution >= 4 is 23.3 Å². The van der Waals surface area contributed by atoms with E-state index in [1.165, 1.54) is 32.1 Å². The molecule has 6 heteroatoms. The molecule has 0 aromatic heterocycles. The number of benzene rings is 2. The molecule has 0 bridgehead atoms. The van der Waals surface area contributed by atoms with E-state index in [0.717, 1.165) is 49.9 Å². The number of anilines is 1. The third kappa shape index (κ3) is 5.35. The lowest BCUT2D eigenvalue weighted by atomic mass is 9.69. The number of piperidine rings is 1. The maximum Gasteiger partial charge on any atom is 0.337 e. The number of methoxy groups -OCH3 is 1. The van der Waals surface area contributed by atoms with Crippen LogP contribution in [0.25, 0.3) is 0 Å². The molecule has 1 saturated heterocycles. The third-order valence-corrected chi connectivity index (χ3v) is 9.24. The lowest BCUT2D eigenvalue weighted by Crippen LogP contribution is -2.50. The van der Waals surface area contributed by atoms with Crippen LogP contribution in [0.15, 0.2) is 53.5 Å². The monoisotopic (exact) mass is 529 g/mol. The molecular formula is C33H43N3O3. The van der Waals surface area contributed by atoms with E-state index in [1.807, 2.05) is 23.1 Å². The van der Waals surface area contributed by atoms with Gasteiger partial charge >= 0.3 is 5.97 Å². The summed E-state index contributed by atoms with van der Waals surface area (Å²) < 4.78 is 4.87. The largest absolute Gasteiger partial charge is 0.465 e. The predicted molar refractivity (Wildman–Crippen MR) is 156 cm³/mol. The van der Waals surface area contributed by atoms with Gasteiger partial charge in [0.05, 0.1) is 18.7 Å². The van der Waals surface area contributed by atoms with Gasteiger partial charge in [0.25, 0.3) is 5.91 Å². The van der Waals surface area contributed by atoms with E-state index >= 15 is 0 Å². The first-order valence-electron chi connectivity index (χ1n) is 14.6. The van der Waals surface area contributed by atoms with Gasteiger partial charge in [-0.2, -0.15) is 0 Å². The molecule has 1 amide bonds. The zero-order valence-corrected chi connectivity index (χ0v) is 24.2. The second kappa shape index (κ2) is 10.8. The minimum atomic E-state index is -0.546. The molecule has 2 heterocycles. The Morgan fingerprint density at radius 3 is 2.31 bits per heavy atom. The second-order valence-corrected chi connectivity index (χ2v) is 12.6. The fraction of sp³-hybridized carbons (Fsp3) is 0.545. The van der Waals surface area contributed by atoms with Gasteiger partial charge in [-0.1, -0.05) is 45.0 Å². The summed E-state index contributed by atoms with van der Waals surface area (Å²) in [5.41, 5.74) is 3.87. The van der Waals surface area contributed by atoms with Gasteiger partial charge in [-0.3, -0.25) is 9.79 Å². The van der Waals surface area contributed by atoms with Crippen LogP contribution in [0.2, 0.25) is 0 Å². The molecule has 1 atom stereocenters. The Morgan fingerprint density at radius 1 is 1.03 bits per heavy atom. The first kappa shape index (κ1) is 27.4. The van der Waals surface area contributed by atoms with E-state index in [1.54, 1.807) is 12.1 Å². The van der Waals surface area contributed by atoms with Gasteiger partial charge in [0, 0.05) is 24.3 Å². The summed E-state index contributed by atoms with van der Waals surface area (Å²) in [5, 5.41) is 0. The normalized spacial score (nSPS) is 24.6. The second-order valence-electron chi connectivity index (χ2n) is 12.6. The highest BCUT2D eigenvalue weighted by Gasteiger charge is 2.52. The number of carbonyl (C=O) groups excluding carboxylic acids is 2. The molecule has 0 unspecified atom stereocenters. The lowest BCUT2D eigenvalue weighted by molar-refractivity contribution is -0.132. The summed E-state index contributed by atoms with van der Waals surface area (Å²) >= 11 is 0. The Labute approximate surface area is 233 Å². The van der Waals surface area contributed by atoms with Crippen molar-refractivity contribution in [1.29, 1.82) is 0 Å². The van der Waals surface area contributed by atoms with Crippen molar-refractivity contribution in [3.8, 4) is 0 Å². The average Bonchev–Trinajstić information content (AvgIpc) is 3.23. The first-order chi connectivity index (χ1) is 18.6. The average molecular weight is 530 g/mol. The van der Waals surface area contributed by atoms with Gasteiger partial charge in [-0.05, 0) is 93.0 Å². The number of ether oxygens (including phenoxy) is 1. The van der Waals surface area contributed by atoms with Gasteiger partial charge < -0.3 is 14.5 Å². The highest BCUT2D eigenvalue weighted by atomic mass is 16.5. The predicted octanol–water partition coefficient (Wildman–Crippen LogP) is 6.79. The Morgan fingerprint density at radius 2 is 1.69 bits per heavy atom. The number of amides is 1. The molecule has 2 aliphatic heterocycles. The molecule has 39 heavy (non-hydrogen) atoms. The van der Waals surface area contributed by atoms with Crippen LogP contribution < -0.4 is 4.90 Å². The number of carbonyl (C=O) groups is 2. The van der Waals surface area contributed by atoms with Crippen LogP contribution >= 0.6 is 0 Å². The summed E-state index contributed by atoms with van der Waals surface area (Å²) in [6.45, 7) is 11.2. The maximum absolute atomic E-state index is 14.3.